The fraction of sp³-hybridized carbons (Fsp3) is 0.872. The van der Waals surface area contributed by atoms with Crippen molar-refractivity contribution in [1.82, 2.24) is 0 Å². The largest absolute Gasteiger partial charge is 0.459 e. The van der Waals surface area contributed by atoms with Gasteiger partial charge in [0.15, 0.2) is 17.4 Å². The minimum absolute atomic E-state index is 0.0222. The predicted octanol–water partition coefficient (Wildman–Crippen LogP) is 5.25. The number of allylic oxidation sites excluding steroid dienone is 3. The fourth-order valence-electron chi connectivity index (χ4n) is 12.5. The summed E-state index contributed by atoms with van der Waals surface area (Å²) in [6.07, 6.45) is 6.36. The molecule has 0 aliphatic carbocycles. The molecule has 61 heavy (non-hydrogen) atoms. The van der Waals surface area contributed by atoms with Crippen LogP contribution in [0.5, 0.6) is 0 Å². The second-order valence-electron chi connectivity index (χ2n) is 21.3. The van der Waals surface area contributed by atoms with Crippen LogP contribution < -0.4 is 0 Å². The summed E-state index contributed by atoms with van der Waals surface area (Å²) in [6.45, 7) is 14.1. The van der Waals surface area contributed by atoms with Crippen LogP contribution in [0.1, 0.15) is 138 Å². The minimum Gasteiger partial charge on any atom is -0.459 e. The summed E-state index contributed by atoms with van der Waals surface area (Å²) in [4.78, 5) is 28.0. The first-order chi connectivity index (χ1) is 28.7. The Labute approximate surface area is 360 Å². The molecular weight excluding hydrogens is 789 g/mol. The van der Waals surface area contributed by atoms with Crippen LogP contribution in [0.4, 0.5) is 0 Å². The van der Waals surface area contributed by atoms with E-state index in [0.29, 0.717) is 44.9 Å². The molecule has 2 spiro atoms. The van der Waals surface area contributed by atoms with Crippen LogP contribution in [0.25, 0.3) is 0 Å². The first kappa shape index (κ1) is 44.4. The summed E-state index contributed by atoms with van der Waals surface area (Å²) in [5.74, 6) is -5.28. The van der Waals surface area contributed by atoms with Gasteiger partial charge in [0, 0.05) is 38.5 Å². The Balaban J connectivity index is 1.00. The van der Waals surface area contributed by atoms with Gasteiger partial charge in [0.2, 0.25) is 5.79 Å². The van der Waals surface area contributed by atoms with E-state index in [9.17, 15) is 24.9 Å². The van der Waals surface area contributed by atoms with E-state index in [0.717, 1.165) is 37.7 Å². The lowest BCUT2D eigenvalue weighted by atomic mass is 9.87. The molecule has 0 unspecified atom stereocenters. The molecule has 0 saturated carbocycles. The molecule has 8 saturated heterocycles. The van der Waals surface area contributed by atoms with Gasteiger partial charge < -0.3 is 58.0 Å². The SMILES string of the molecule is CC1=C/[C@@H](C)C[C@]2(C)CC[C@H](O2)[C@]23CC[C@](C)(C[C@H](O2)[C@@H]2O[C@@](C)(CC2=O)[C@H](O)[C@H]2CC[C@@]4(CCC[C@H](O4)[C@H](C)C(=O)O[C@H]4C[C@H]([C@]5(O)OCC[C@H](C)[C@@H]5O)O[C@H]4\C=C\1)O2)O3. The van der Waals surface area contributed by atoms with Gasteiger partial charge in [-0.3, -0.25) is 9.59 Å². The van der Waals surface area contributed by atoms with Gasteiger partial charge in [-0.05, 0) is 97.8 Å². The number of Topliss-reactive ketones (excluding diaryl/α,β-unsaturated/α-hetero) is 1. The highest BCUT2D eigenvalue weighted by Crippen LogP contribution is 2.55. The lowest BCUT2D eigenvalue weighted by Gasteiger charge is -2.47. The van der Waals surface area contributed by atoms with E-state index in [1.54, 1.807) is 13.8 Å². The van der Waals surface area contributed by atoms with Crippen molar-refractivity contribution in [3.8, 4) is 0 Å². The van der Waals surface area contributed by atoms with Gasteiger partial charge in [-0.2, -0.15) is 0 Å². The number of hydrogen-bond acceptors (Lipinski definition) is 14. The van der Waals surface area contributed by atoms with E-state index in [-0.39, 0.29) is 43.2 Å². The Hall–Kier alpha value is -1.82. The lowest BCUT2D eigenvalue weighted by Crippen LogP contribution is -2.59. The van der Waals surface area contributed by atoms with Gasteiger partial charge in [0.25, 0.3) is 0 Å². The molecule has 8 fully saturated rings. The summed E-state index contributed by atoms with van der Waals surface area (Å²) in [7, 11) is 0. The maximum Gasteiger partial charge on any atom is 0.311 e. The number of rotatable bonds is 1. The maximum absolute atomic E-state index is 14.1. The summed E-state index contributed by atoms with van der Waals surface area (Å²) >= 11 is 0. The topological polar surface area (TPSA) is 178 Å². The van der Waals surface area contributed by atoms with E-state index in [1.807, 2.05) is 26.0 Å². The Bertz CT molecular complexity index is 1750. The van der Waals surface area contributed by atoms with Crippen LogP contribution >= 0.6 is 0 Å². The van der Waals surface area contributed by atoms with Crippen LogP contribution in [0.3, 0.4) is 0 Å². The smallest absolute Gasteiger partial charge is 0.311 e. The molecule has 3 N–H and O–H groups in total. The average Bonchev–Trinajstić information content (AvgIpc) is 4.02. The number of esters is 1. The van der Waals surface area contributed by atoms with Crippen molar-refractivity contribution in [2.45, 2.75) is 234 Å². The monoisotopic (exact) mass is 858 g/mol. The highest BCUT2D eigenvalue weighted by atomic mass is 16.8. The molecule has 9 aliphatic heterocycles. The lowest BCUT2D eigenvalue weighted by molar-refractivity contribution is -0.359. The standard InChI is InChI=1S/C47H70O14/c1-26-10-11-32-34(22-37(54-32)47(52)39(49)28(3)14-20-53-47)55-41(51)29(4)31-9-8-15-45(56-31)17-12-33(57-45)40(50)44(7)24-30(48)38(60-44)35-25-43(6)18-19-46(58-35,61-43)36-13-16-42(5,59-36)23-27(2)21-26/h10-11,21,27-29,31-40,49-50,52H,8-9,12-20,22-25H2,1-7H3/b11-10+,26-21-/t27-,28+,29+,31+,32+,33-,34+,35+,36+,37-,38-,39+,40-,42+,43-,44+,45-,46-,47+/m1/s1. The Morgan fingerprint density at radius 3 is 2.34 bits per heavy atom. The van der Waals surface area contributed by atoms with Crippen molar-refractivity contribution in [2.75, 3.05) is 6.61 Å². The summed E-state index contributed by atoms with van der Waals surface area (Å²) in [5, 5.41) is 34.8. The third kappa shape index (κ3) is 8.14. The van der Waals surface area contributed by atoms with Crippen LogP contribution in [-0.2, 0) is 52.2 Å². The molecule has 0 aromatic heterocycles. The van der Waals surface area contributed by atoms with Gasteiger partial charge in [-0.15, -0.1) is 0 Å². The third-order valence-electron chi connectivity index (χ3n) is 15.9. The van der Waals surface area contributed by atoms with Crippen molar-refractivity contribution in [3.63, 3.8) is 0 Å². The quantitative estimate of drug-likeness (QED) is 0.291. The highest BCUT2D eigenvalue weighted by Gasteiger charge is 2.65. The number of carbonyl (C=O) groups is 2. The van der Waals surface area contributed by atoms with Crippen molar-refractivity contribution in [2.24, 2.45) is 17.8 Å². The number of carbonyl (C=O) groups excluding carboxylic acids is 2. The molecule has 9 rings (SSSR count). The molecule has 10 bridgehead atoms. The van der Waals surface area contributed by atoms with Gasteiger partial charge in [0.05, 0.1) is 42.0 Å². The zero-order valence-corrected chi connectivity index (χ0v) is 37.2. The second kappa shape index (κ2) is 16.0. The highest BCUT2D eigenvalue weighted by molar-refractivity contribution is 5.86. The fourth-order valence-corrected chi connectivity index (χ4v) is 12.5. The summed E-state index contributed by atoms with van der Waals surface area (Å²) in [5.41, 5.74) is -1.17. The van der Waals surface area contributed by atoms with Gasteiger partial charge in [-0.1, -0.05) is 37.6 Å². The van der Waals surface area contributed by atoms with Gasteiger partial charge in [-0.25, -0.2) is 0 Å². The Morgan fingerprint density at radius 2 is 1.54 bits per heavy atom. The van der Waals surface area contributed by atoms with E-state index in [1.165, 1.54) is 0 Å². The number of aliphatic hydroxyl groups excluding tert-OH is 2. The van der Waals surface area contributed by atoms with Crippen molar-refractivity contribution >= 4 is 11.8 Å². The molecule has 9 heterocycles. The molecule has 0 amide bonds. The maximum atomic E-state index is 14.1. The van der Waals surface area contributed by atoms with Crippen LogP contribution in [-0.4, -0.2) is 129 Å². The van der Waals surface area contributed by atoms with E-state index < -0.39 is 101 Å². The third-order valence-corrected chi connectivity index (χ3v) is 15.9. The minimum atomic E-state index is -1.95. The zero-order chi connectivity index (χ0) is 43.3. The normalized spacial score (nSPS) is 55.7. The molecule has 14 heteroatoms. The number of ketones is 1. The summed E-state index contributed by atoms with van der Waals surface area (Å²) < 4.78 is 59.0. The Morgan fingerprint density at radius 1 is 0.754 bits per heavy atom. The van der Waals surface area contributed by atoms with Crippen LogP contribution in [0, 0.1) is 17.8 Å². The molecule has 342 valence electrons. The van der Waals surface area contributed by atoms with Crippen LogP contribution in [0.15, 0.2) is 23.8 Å². The van der Waals surface area contributed by atoms with E-state index >= 15 is 0 Å². The molecule has 0 aromatic carbocycles. The Kier molecular flexibility index (Phi) is 11.6. The van der Waals surface area contributed by atoms with Gasteiger partial charge in [0.1, 0.15) is 48.3 Å². The molecule has 9 aliphatic rings. The van der Waals surface area contributed by atoms with Crippen molar-refractivity contribution in [3.05, 3.63) is 23.8 Å². The zero-order valence-electron chi connectivity index (χ0n) is 37.2. The number of ether oxygens (including phenoxy) is 9. The predicted molar refractivity (Wildman–Crippen MR) is 218 cm³/mol. The van der Waals surface area contributed by atoms with Gasteiger partial charge >= 0.3 is 5.97 Å². The average molecular weight is 859 g/mol. The van der Waals surface area contributed by atoms with Crippen molar-refractivity contribution < 1.29 is 67.5 Å². The number of fused-ring (bicyclic) bond motifs is 10. The number of aliphatic hydroxyl groups is 3. The molecule has 14 nitrogen and oxygen atoms in total. The first-order valence-electron chi connectivity index (χ1n) is 23.3. The molecular formula is C47H70O14. The van der Waals surface area contributed by atoms with E-state index in [4.69, 9.17) is 42.6 Å². The molecule has 0 radical (unpaired) electrons. The molecule has 0 aromatic rings. The summed E-state index contributed by atoms with van der Waals surface area (Å²) in [6, 6.07) is 0. The van der Waals surface area contributed by atoms with Crippen LogP contribution in [0.2, 0.25) is 0 Å². The van der Waals surface area contributed by atoms with E-state index in [2.05, 4.69) is 26.8 Å². The molecule has 19 atom stereocenters. The first-order valence-corrected chi connectivity index (χ1v) is 23.3. The number of hydrogen-bond donors (Lipinski definition) is 3. The van der Waals surface area contributed by atoms with Crippen molar-refractivity contribution in [1.29, 1.82) is 0 Å². The second-order valence-corrected chi connectivity index (χ2v) is 21.3.